The first-order chi connectivity index (χ1) is 12.0. The van der Waals surface area contributed by atoms with E-state index in [1.165, 1.54) is 5.56 Å². The molecular formula is C19H26N4O2. The Kier molecular flexibility index (Phi) is 4.23. The maximum absolute atomic E-state index is 13.0. The summed E-state index contributed by atoms with van der Waals surface area (Å²) in [5, 5.41) is 0. The van der Waals surface area contributed by atoms with E-state index >= 15 is 0 Å². The Labute approximate surface area is 148 Å². The third-order valence-electron chi connectivity index (χ3n) is 6.04. The third kappa shape index (κ3) is 2.92. The van der Waals surface area contributed by atoms with Gasteiger partial charge >= 0.3 is 0 Å². The van der Waals surface area contributed by atoms with Gasteiger partial charge in [-0.05, 0) is 43.2 Å². The Morgan fingerprint density at radius 2 is 2.08 bits per heavy atom. The minimum absolute atomic E-state index is 0.0328. The van der Waals surface area contributed by atoms with Crippen molar-refractivity contribution in [2.75, 3.05) is 13.1 Å². The van der Waals surface area contributed by atoms with Gasteiger partial charge in [-0.15, -0.1) is 0 Å². The molecule has 4 unspecified atom stereocenters. The average molecular weight is 342 g/mol. The number of likely N-dealkylation sites (tertiary alicyclic amines) is 1. The molecule has 6 heteroatoms. The SMILES string of the molecule is CC1CC(N)C(=O)N2C(CCC2C(=O)N2CC(c3cccnc3)C2)C1. The summed E-state index contributed by atoms with van der Waals surface area (Å²) in [6.45, 7) is 3.59. The molecule has 0 aliphatic carbocycles. The molecule has 0 bridgehead atoms. The summed E-state index contributed by atoms with van der Waals surface area (Å²) in [5.41, 5.74) is 7.26. The summed E-state index contributed by atoms with van der Waals surface area (Å²) in [4.78, 5) is 33.6. The Bertz CT molecular complexity index is 659. The third-order valence-corrected chi connectivity index (χ3v) is 6.04. The van der Waals surface area contributed by atoms with Gasteiger partial charge in [0.25, 0.3) is 0 Å². The summed E-state index contributed by atoms with van der Waals surface area (Å²) in [5.74, 6) is 0.853. The number of pyridine rings is 1. The summed E-state index contributed by atoms with van der Waals surface area (Å²) in [6.07, 6.45) is 7.00. The summed E-state index contributed by atoms with van der Waals surface area (Å²) < 4.78 is 0. The molecule has 0 spiro atoms. The van der Waals surface area contributed by atoms with Crippen LogP contribution < -0.4 is 5.73 Å². The second-order valence-corrected chi connectivity index (χ2v) is 7.90. The van der Waals surface area contributed by atoms with Crippen molar-refractivity contribution >= 4 is 11.8 Å². The van der Waals surface area contributed by atoms with E-state index in [1.54, 1.807) is 6.20 Å². The van der Waals surface area contributed by atoms with E-state index in [0.29, 0.717) is 11.8 Å². The highest BCUT2D eigenvalue weighted by molar-refractivity contribution is 5.91. The van der Waals surface area contributed by atoms with Crippen molar-refractivity contribution in [2.24, 2.45) is 11.7 Å². The molecule has 4 atom stereocenters. The van der Waals surface area contributed by atoms with Crippen LogP contribution in [0, 0.1) is 5.92 Å². The Morgan fingerprint density at radius 1 is 1.28 bits per heavy atom. The number of hydrogen-bond acceptors (Lipinski definition) is 4. The molecule has 3 fully saturated rings. The lowest BCUT2D eigenvalue weighted by molar-refractivity contribution is -0.148. The largest absolute Gasteiger partial charge is 0.340 e. The van der Waals surface area contributed by atoms with E-state index < -0.39 is 6.04 Å². The molecule has 1 aromatic rings. The number of nitrogens with zero attached hydrogens (tertiary/aromatic N) is 3. The number of fused-ring (bicyclic) bond motifs is 1. The molecule has 6 nitrogen and oxygen atoms in total. The quantitative estimate of drug-likeness (QED) is 0.874. The van der Waals surface area contributed by atoms with Gasteiger partial charge in [0.15, 0.2) is 0 Å². The van der Waals surface area contributed by atoms with E-state index in [0.717, 1.165) is 38.8 Å². The Morgan fingerprint density at radius 3 is 2.80 bits per heavy atom. The molecule has 2 amide bonds. The highest BCUT2D eigenvalue weighted by Crippen LogP contribution is 2.36. The fourth-order valence-electron chi connectivity index (χ4n) is 4.67. The fourth-order valence-corrected chi connectivity index (χ4v) is 4.67. The molecule has 0 aromatic carbocycles. The molecule has 3 aliphatic rings. The number of aromatic nitrogens is 1. The second-order valence-electron chi connectivity index (χ2n) is 7.90. The maximum atomic E-state index is 13.0. The first-order valence-corrected chi connectivity index (χ1v) is 9.31. The molecule has 3 saturated heterocycles. The first kappa shape index (κ1) is 16.5. The number of amides is 2. The maximum Gasteiger partial charge on any atom is 0.245 e. The predicted octanol–water partition coefficient (Wildman–Crippen LogP) is 1.12. The van der Waals surface area contributed by atoms with E-state index in [-0.39, 0.29) is 23.9 Å². The molecule has 25 heavy (non-hydrogen) atoms. The van der Waals surface area contributed by atoms with Gasteiger partial charge < -0.3 is 15.5 Å². The van der Waals surface area contributed by atoms with Crippen LogP contribution in [-0.4, -0.2) is 57.8 Å². The summed E-state index contributed by atoms with van der Waals surface area (Å²) >= 11 is 0. The number of nitrogens with two attached hydrogens (primary N) is 1. The molecule has 134 valence electrons. The number of hydrogen-bond donors (Lipinski definition) is 1. The standard InChI is InChI=1S/C19H26N4O2/c1-12-7-15-4-5-17(23(15)18(24)16(20)8-12)19(25)22-10-14(11-22)13-3-2-6-21-9-13/h2-3,6,9,12,14-17H,4-5,7-8,10-11,20H2,1H3. The van der Waals surface area contributed by atoms with Crippen LogP contribution in [0.2, 0.25) is 0 Å². The lowest BCUT2D eigenvalue weighted by Gasteiger charge is -2.42. The summed E-state index contributed by atoms with van der Waals surface area (Å²) in [6, 6.07) is 3.39. The van der Waals surface area contributed by atoms with Crippen molar-refractivity contribution < 1.29 is 9.59 Å². The Balaban J connectivity index is 1.44. The highest BCUT2D eigenvalue weighted by atomic mass is 16.2. The minimum atomic E-state index is -0.465. The number of rotatable bonds is 2. The van der Waals surface area contributed by atoms with E-state index in [9.17, 15) is 9.59 Å². The van der Waals surface area contributed by atoms with Gasteiger partial charge in [-0.25, -0.2) is 0 Å². The van der Waals surface area contributed by atoms with Crippen molar-refractivity contribution in [3.05, 3.63) is 30.1 Å². The molecule has 4 heterocycles. The molecule has 1 aromatic heterocycles. The van der Waals surface area contributed by atoms with Crippen LogP contribution in [-0.2, 0) is 9.59 Å². The van der Waals surface area contributed by atoms with Crippen molar-refractivity contribution in [3.63, 3.8) is 0 Å². The first-order valence-electron chi connectivity index (χ1n) is 9.31. The van der Waals surface area contributed by atoms with Gasteiger partial charge in [0.05, 0.1) is 6.04 Å². The van der Waals surface area contributed by atoms with Crippen molar-refractivity contribution in [3.8, 4) is 0 Å². The van der Waals surface area contributed by atoms with Crippen LogP contribution >= 0.6 is 0 Å². The summed E-state index contributed by atoms with van der Waals surface area (Å²) in [7, 11) is 0. The van der Waals surface area contributed by atoms with E-state index in [1.807, 2.05) is 22.1 Å². The smallest absolute Gasteiger partial charge is 0.245 e. The van der Waals surface area contributed by atoms with Crippen molar-refractivity contribution in [2.45, 2.75) is 56.7 Å². The Hall–Kier alpha value is -1.95. The van der Waals surface area contributed by atoms with Crippen molar-refractivity contribution in [1.29, 1.82) is 0 Å². The molecular weight excluding hydrogens is 316 g/mol. The zero-order valence-corrected chi connectivity index (χ0v) is 14.7. The minimum Gasteiger partial charge on any atom is -0.340 e. The normalized spacial score (nSPS) is 33.0. The molecule has 0 saturated carbocycles. The lowest BCUT2D eigenvalue weighted by Crippen LogP contribution is -2.57. The average Bonchev–Trinajstić information content (AvgIpc) is 2.92. The van der Waals surface area contributed by atoms with Gasteiger partial charge in [0.1, 0.15) is 6.04 Å². The van der Waals surface area contributed by atoms with Gasteiger partial charge in [0, 0.05) is 37.4 Å². The monoisotopic (exact) mass is 342 g/mol. The second kappa shape index (κ2) is 6.41. The predicted molar refractivity (Wildman–Crippen MR) is 93.6 cm³/mol. The van der Waals surface area contributed by atoms with Crippen LogP contribution in [0.25, 0.3) is 0 Å². The van der Waals surface area contributed by atoms with Crippen molar-refractivity contribution in [1.82, 2.24) is 14.8 Å². The van der Waals surface area contributed by atoms with Crippen LogP contribution in [0.5, 0.6) is 0 Å². The zero-order chi connectivity index (χ0) is 17.6. The van der Waals surface area contributed by atoms with Crippen LogP contribution in [0.15, 0.2) is 24.5 Å². The fraction of sp³-hybridized carbons (Fsp3) is 0.632. The van der Waals surface area contributed by atoms with Crippen LogP contribution in [0.3, 0.4) is 0 Å². The van der Waals surface area contributed by atoms with Gasteiger partial charge in [-0.2, -0.15) is 0 Å². The van der Waals surface area contributed by atoms with E-state index in [2.05, 4.69) is 18.0 Å². The zero-order valence-electron chi connectivity index (χ0n) is 14.7. The van der Waals surface area contributed by atoms with Gasteiger partial charge in [-0.3, -0.25) is 14.6 Å². The highest BCUT2D eigenvalue weighted by Gasteiger charge is 2.47. The lowest BCUT2D eigenvalue weighted by atomic mass is 9.92. The number of carbonyl (C=O) groups is 2. The molecule has 4 rings (SSSR count). The molecule has 3 aliphatic heterocycles. The van der Waals surface area contributed by atoms with Gasteiger partial charge in [-0.1, -0.05) is 13.0 Å². The molecule has 0 radical (unpaired) electrons. The van der Waals surface area contributed by atoms with Gasteiger partial charge in [0.2, 0.25) is 11.8 Å². The topological polar surface area (TPSA) is 79.5 Å². The molecule has 2 N–H and O–H groups in total. The number of carbonyl (C=O) groups excluding carboxylic acids is 2. The van der Waals surface area contributed by atoms with E-state index in [4.69, 9.17) is 5.73 Å². The van der Waals surface area contributed by atoms with Crippen LogP contribution in [0.1, 0.15) is 44.1 Å². The van der Waals surface area contributed by atoms with Crippen LogP contribution in [0.4, 0.5) is 0 Å².